The van der Waals surface area contributed by atoms with E-state index in [1.165, 1.54) is 11.8 Å². The number of ether oxygens (including phenoxy) is 2. The summed E-state index contributed by atoms with van der Waals surface area (Å²) >= 11 is 0. The number of esters is 1. The largest absolute Gasteiger partial charge is 0.489 e. The number of hydrogen-bond donors (Lipinski definition) is 1. The first kappa shape index (κ1) is 24.4. The summed E-state index contributed by atoms with van der Waals surface area (Å²) in [6.07, 6.45) is 1.52. The molecule has 0 saturated heterocycles. The van der Waals surface area contributed by atoms with Gasteiger partial charge in [-0.3, -0.25) is 4.79 Å². The van der Waals surface area contributed by atoms with Crippen LogP contribution in [0.15, 0.2) is 102 Å². The molecule has 4 aromatic rings. The maximum atomic E-state index is 12.4. The Balaban J connectivity index is 1.25. The standard InChI is InChI=1S/C30H26N2O4/c1-21-6-8-24(9-7-21)20-35-27-16-12-25(13-17-27)29(33)32-31-19-23-10-14-28(15-11-23)36-30(34)26-5-3-4-22(2)18-26/h3-19H,20H2,1-2H3,(H,32,33). The third-order valence-corrected chi connectivity index (χ3v) is 5.37. The van der Waals surface area contributed by atoms with E-state index in [0.717, 1.165) is 16.7 Å². The van der Waals surface area contributed by atoms with Crippen molar-refractivity contribution in [2.24, 2.45) is 5.10 Å². The van der Waals surface area contributed by atoms with Gasteiger partial charge in [0.1, 0.15) is 18.1 Å². The summed E-state index contributed by atoms with van der Waals surface area (Å²) in [4.78, 5) is 24.6. The van der Waals surface area contributed by atoms with Gasteiger partial charge in [-0.2, -0.15) is 5.10 Å². The first-order valence-corrected chi connectivity index (χ1v) is 11.5. The predicted molar refractivity (Wildman–Crippen MR) is 140 cm³/mol. The van der Waals surface area contributed by atoms with E-state index in [1.807, 2.05) is 50.2 Å². The molecule has 0 aliphatic heterocycles. The number of carbonyl (C=O) groups is 2. The van der Waals surface area contributed by atoms with Crippen LogP contribution in [0, 0.1) is 13.8 Å². The number of nitrogens with zero attached hydrogens (tertiary/aromatic N) is 1. The summed E-state index contributed by atoms with van der Waals surface area (Å²) in [5.41, 5.74) is 7.48. The van der Waals surface area contributed by atoms with Crippen LogP contribution in [0.5, 0.6) is 11.5 Å². The Bertz CT molecular complexity index is 1360. The summed E-state index contributed by atoms with van der Waals surface area (Å²) in [6.45, 7) is 4.42. The minimum Gasteiger partial charge on any atom is -0.489 e. The SMILES string of the molecule is Cc1ccc(COc2ccc(C(=O)NN=Cc3ccc(OC(=O)c4cccc(C)c4)cc3)cc2)cc1. The Labute approximate surface area is 210 Å². The highest BCUT2D eigenvalue weighted by atomic mass is 16.5. The molecule has 1 amide bonds. The van der Waals surface area contributed by atoms with E-state index in [2.05, 4.69) is 10.5 Å². The van der Waals surface area contributed by atoms with Gasteiger partial charge in [0.25, 0.3) is 5.91 Å². The molecule has 0 aromatic heterocycles. The van der Waals surface area contributed by atoms with Crippen LogP contribution in [0.25, 0.3) is 0 Å². The molecule has 0 heterocycles. The van der Waals surface area contributed by atoms with Gasteiger partial charge >= 0.3 is 5.97 Å². The van der Waals surface area contributed by atoms with Crippen molar-refractivity contribution in [3.8, 4) is 11.5 Å². The van der Waals surface area contributed by atoms with E-state index in [-0.39, 0.29) is 5.91 Å². The molecule has 1 N–H and O–H groups in total. The zero-order chi connectivity index (χ0) is 25.3. The molecule has 36 heavy (non-hydrogen) atoms. The van der Waals surface area contributed by atoms with Gasteiger partial charge < -0.3 is 9.47 Å². The highest BCUT2D eigenvalue weighted by Gasteiger charge is 2.08. The maximum Gasteiger partial charge on any atom is 0.343 e. The van der Waals surface area contributed by atoms with E-state index >= 15 is 0 Å². The molecule has 0 radical (unpaired) electrons. The van der Waals surface area contributed by atoms with Crippen molar-refractivity contribution in [2.75, 3.05) is 0 Å². The van der Waals surface area contributed by atoms with Gasteiger partial charge in [-0.25, -0.2) is 10.2 Å². The van der Waals surface area contributed by atoms with E-state index in [4.69, 9.17) is 9.47 Å². The molecule has 0 bridgehead atoms. The van der Waals surface area contributed by atoms with Crippen molar-refractivity contribution in [1.82, 2.24) is 5.43 Å². The number of benzene rings is 4. The van der Waals surface area contributed by atoms with E-state index in [9.17, 15) is 9.59 Å². The van der Waals surface area contributed by atoms with Crippen LogP contribution in [0.4, 0.5) is 0 Å². The summed E-state index contributed by atoms with van der Waals surface area (Å²) < 4.78 is 11.2. The fraction of sp³-hybridized carbons (Fsp3) is 0.100. The van der Waals surface area contributed by atoms with Crippen LogP contribution in [-0.2, 0) is 6.61 Å². The normalized spacial score (nSPS) is 10.7. The summed E-state index contributed by atoms with van der Waals surface area (Å²) in [5, 5.41) is 4.01. The smallest absolute Gasteiger partial charge is 0.343 e. The van der Waals surface area contributed by atoms with E-state index in [0.29, 0.717) is 29.2 Å². The molecule has 0 atom stereocenters. The third-order valence-electron chi connectivity index (χ3n) is 5.37. The molecule has 0 unspecified atom stereocenters. The lowest BCUT2D eigenvalue weighted by atomic mass is 10.1. The van der Waals surface area contributed by atoms with Crippen molar-refractivity contribution < 1.29 is 19.1 Å². The Morgan fingerprint density at radius 3 is 2.17 bits per heavy atom. The van der Waals surface area contributed by atoms with Gasteiger partial charge in [-0.05, 0) is 85.6 Å². The lowest BCUT2D eigenvalue weighted by Crippen LogP contribution is -2.17. The highest BCUT2D eigenvalue weighted by Crippen LogP contribution is 2.16. The van der Waals surface area contributed by atoms with Crippen LogP contribution >= 0.6 is 0 Å². The molecule has 4 rings (SSSR count). The second-order valence-corrected chi connectivity index (χ2v) is 8.33. The van der Waals surface area contributed by atoms with Crippen molar-refractivity contribution >= 4 is 18.1 Å². The van der Waals surface area contributed by atoms with Crippen molar-refractivity contribution in [3.63, 3.8) is 0 Å². The van der Waals surface area contributed by atoms with E-state index in [1.54, 1.807) is 60.7 Å². The van der Waals surface area contributed by atoms with Gasteiger partial charge in [0.15, 0.2) is 0 Å². The molecule has 0 saturated carbocycles. The minimum atomic E-state index is -0.418. The number of carbonyl (C=O) groups excluding carboxylic acids is 2. The van der Waals surface area contributed by atoms with Gasteiger partial charge in [0.2, 0.25) is 0 Å². The molecule has 180 valence electrons. The quantitative estimate of drug-likeness (QED) is 0.149. The van der Waals surface area contributed by atoms with E-state index < -0.39 is 5.97 Å². The monoisotopic (exact) mass is 478 g/mol. The zero-order valence-electron chi connectivity index (χ0n) is 20.1. The van der Waals surface area contributed by atoms with Gasteiger partial charge in [0, 0.05) is 5.56 Å². The molecule has 0 aliphatic rings. The van der Waals surface area contributed by atoms with Crippen molar-refractivity contribution in [2.45, 2.75) is 20.5 Å². The van der Waals surface area contributed by atoms with Crippen LogP contribution < -0.4 is 14.9 Å². The maximum absolute atomic E-state index is 12.4. The fourth-order valence-electron chi connectivity index (χ4n) is 3.34. The Hall–Kier alpha value is -4.71. The Kier molecular flexibility index (Phi) is 7.88. The van der Waals surface area contributed by atoms with Gasteiger partial charge in [-0.1, -0.05) is 47.5 Å². The van der Waals surface area contributed by atoms with Crippen LogP contribution in [-0.4, -0.2) is 18.1 Å². The topological polar surface area (TPSA) is 77.0 Å². The van der Waals surface area contributed by atoms with Crippen molar-refractivity contribution in [1.29, 1.82) is 0 Å². The average Bonchev–Trinajstić information content (AvgIpc) is 2.89. The lowest BCUT2D eigenvalue weighted by molar-refractivity contribution is 0.0734. The fourth-order valence-corrected chi connectivity index (χ4v) is 3.34. The predicted octanol–water partition coefficient (Wildman–Crippen LogP) is 5.87. The van der Waals surface area contributed by atoms with Crippen LogP contribution in [0.3, 0.4) is 0 Å². The lowest BCUT2D eigenvalue weighted by Gasteiger charge is -2.07. The summed E-state index contributed by atoms with van der Waals surface area (Å²) in [5.74, 6) is 0.352. The number of hydrogen-bond acceptors (Lipinski definition) is 5. The number of hydrazone groups is 1. The van der Waals surface area contributed by atoms with Crippen LogP contribution in [0.2, 0.25) is 0 Å². The number of nitrogens with one attached hydrogen (secondary N) is 1. The number of rotatable bonds is 8. The highest BCUT2D eigenvalue weighted by molar-refractivity contribution is 5.95. The molecule has 4 aromatic carbocycles. The molecular weight excluding hydrogens is 452 g/mol. The Morgan fingerprint density at radius 1 is 0.778 bits per heavy atom. The zero-order valence-corrected chi connectivity index (χ0v) is 20.1. The Morgan fingerprint density at radius 2 is 1.47 bits per heavy atom. The molecular formula is C30H26N2O4. The summed E-state index contributed by atoms with van der Waals surface area (Å²) in [7, 11) is 0. The molecule has 6 nitrogen and oxygen atoms in total. The number of aryl methyl sites for hydroxylation is 2. The second kappa shape index (κ2) is 11.6. The summed E-state index contributed by atoms with van der Waals surface area (Å²) in [6, 6.07) is 29.1. The van der Waals surface area contributed by atoms with Gasteiger partial charge in [0.05, 0.1) is 11.8 Å². The second-order valence-electron chi connectivity index (χ2n) is 8.33. The first-order chi connectivity index (χ1) is 17.5. The first-order valence-electron chi connectivity index (χ1n) is 11.5. The van der Waals surface area contributed by atoms with Crippen molar-refractivity contribution in [3.05, 3.63) is 130 Å². The molecule has 0 aliphatic carbocycles. The molecule has 6 heteroatoms. The van der Waals surface area contributed by atoms with Crippen LogP contribution in [0.1, 0.15) is 43.0 Å². The molecule has 0 spiro atoms. The molecule has 0 fully saturated rings. The number of amides is 1. The average molecular weight is 479 g/mol. The third kappa shape index (κ3) is 6.90. The minimum absolute atomic E-state index is 0.333. The van der Waals surface area contributed by atoms with Gasteiger partial charge in [-0.15, -0.1) is 0 Å².